The van der Waals surface area contributed by atoms with Crippen molar-refractivity contribution >= 4 is 5.78 Å². The van der Waals surface area contributed by atoms with Crippen LogP contribution in [0.25, 0.3) is 0 Å². The van der Waals surface area contributed by atoms with Gasteiger partial charge in [-0.15, -0.1) is 0 Å². The van der Waals surface area contributed by atoms with E-state index < -0.39 is 0 Å². The molecular formula is C18H21NO. The molecular weight excluding hydrogens is 246 g/mol. The number of rotatable bonds is 3. The molecule has 0 bridgehead atoms. The molecule has 0 saturated carbocycles. The highest BCUT2D eigenvalue weighted by molar-refractivity contribution is 6.00. The van der Waals surface area contributed by atoms with Gasteiger partial charge in [0, 0.05) is 11.8 Å². The predicted octanol–water partition coefficient (Wildman–Crippen LogP) is 4.37. The molecule has 1 aromatic heterocycles. The van der Waals surface area contributed by atoms with E-state index in [2.05, 4.69) is 25.8 Å². The van der Waals surface area contributed by atoms with E-state index >= 15 is 0 Å². The van der Waals surface area contributed by atoms with Crippen LogP contribution in [-0.4, -0.2) is 10.8 Å². The van der Waals surface area contributed by atoms with Crippen LogP contribution in [0.4, 0.5) is 0 Å². The van der Waals surface area contributed by atoms with Gasteiger partial charge in [0.25, 0.3) is 0 Å². The third kappa shape index (κ3) is 3.13. The summed E-state index contributed by atoms with van der Waals surface area (Å²) in [6.45, 7) is 8.41. The normalized spacial score (nSPS) is 13.0. The van der Waals surface area contributed by atoms with Gasteiger partial charge < -0.3 is 0 Å². The van der Waals surface area contributed by atoms with Gasteiger partial charge in [-0.2, -0.15) is 0 Å². The summed E-state index contributed by atoms with van der Waals surface area (Å²) in [6, 6.07) is 13.6. The largest absolute Gasteiger partial charge is 0.293 e. The van der Waals surface area contributed by atoms with Crippen LogP contribution < -0.4 is 0 Å². The van der Waals surface area contributed by atoms with Crippen LogP contribution >= 0.6 is 0 Å². The Morgan fingerprint density at radius 3 is 2.20 bits per heavy atom. The second-order valence-corrected chi connectivity index (χ2v) is 6.17. The summed E-state index contributed by atoms with van der Waals surface area (Å²) < 4.78 is 0. The highest BCUT2D eigenvalue weighted by Crippen LogP contribution is 2.24. The monoisotopic (exact) mass is 267 g/mol. The van der Waals surface area contributed by atoms with Crippen LogP contribution in [0.2, 0.25) is 0 Å². The van der Waals surface area contributed by atoms with E-state index in [4.69, 9.17) is 0 Å². The smallest absolute Gasteiger partial charge is 0.171 e. The zero-order valence-corrected chi connectivity index (χ0v) is 12.6. The van der Waals surface area contributed by atoms with Crippen LogP contribution in [0.3, 0.4) is 0 Å². The SMILES string of the molecule is CC(C(=O)c1ccc(C(C)(C)C)cc1)c1ccccn1. The molecule has 1 unspecified atom stereocenters. The second kappa shape index (κ2) is 5.58. The van der Waals surface area contributed by atoms with Gasteiger partial charge in [-0.1, -0.05) is 51.1 Å². The van der Waals surface area contributed by atoms with Crippen LogP contribution in [0, 0.1) is 0 Å². The molecule has 0 spiro atoms. The number of hydrogen-bond donors (Lipinski definition) is 0. The lowest BCUT2D eigenvalue weighted by Crippen LogP contribution is -2.13. The van der Waals surface area contributed by atoms with Crippen molar-refractivity contribution < 1.29 is 4.79 Å². The summed E-state index contributed by atoms with van der Waals surface area (Å²) in [7, 11) is 0. The van der Waals surface area contributed by atoms with E-state index in [0.717, 1.165) is 11.3 Å². The molecule has 1 aromatic carbocycles. The van der Waals surface area contributed by atoms with Crippen molar-refractivity contribution in [2.45, 2.75) is 39.0 Å². The van der Waals surface area contributed by atoms with Crippen molar-refractivity contribution in [3.63, 3.8) is 0 Å². The number of nitrogens with zero attached hydrogens (tertiary/aromatic N) is 1. The van der Waals surface area contributed by atoms with Gasteiger partial charge in [-0.05, 0) is 30.0 Å². The summed E-state index contributed by atoms with van der Waals surface area (Å²) in [5.74, 6) is -0.0964. The molecule has 1 atom stereocenters. The first-order valence-corrected chi connectivity index (χ1v) is 6.95. The first-order valence-electron chi connectivity index (χ1n) is 6.95. The van der Waals surface area contributed by atoms with Crippen molar-refractivity contribution in [2.24, 2.45) is 0 Å². The fourth-order valence-electron chi connectivity index (χ4n) is 2.15. The maximum atomic E-state index is 12.5. The Labute approximate surface area is 120 Å². The average molecular weight is 267 g/mol. The summed E-state index contributed by atoms with van der Waals surface area (Å²) in [5, 5.41) is 0. The minimum atomic E-state index is -0.211. The Morgan fingerprint density at radius 1 is 1.05 bits per heavy atom. The Kier molecular flexibility index (Phi) is 4.03. The molecule has 104 valence electrons. The Hall–Kier alpha value is -1.96. The Balaban J connectivity index is 2.22. The number of ketones is 1. The highest BCUT2D eigenvalue weighted by Gasteiger charge is 2.19. The van der Waals surface area contributed by atoms with Crippen LogP contribution in [0.5, 0.6) is 0 Å². The number of benzene rings is 1. The molecule has 2 heteroatoms. The lowest BCUT2D eigenvalue weighted by Gasteiger charge is -2.19. The molecule has 20 heavy (non-hydrogen) atoms. The fourth-order valence-corrected chi connectivity index (χ4v) is 2.15. The second-order valence-electron chi connectivity index (χ2n) is 6.17. The molecule has 0 aliphatic rings. The molecule has 0 aliphatic carbocycles. The van der Waals surface area contributed by atoms with E-state index in [9.17, 15) is 4.79 Å². The zero-order chi connectivity index (χ0) is 14.8. The molecule has 2 aromatic rings. The van der Waals surface area contributed by atoms with Gasteiger partial charge in [0.05, 0.1) is 11.6 Å². The molecule has 2 nitrogen and oxygen atoms in total. The van der Waals surface area contributed by atoms with Crippen molar-refractivity contribution in [3.8, 4) is 0 Å². The van der Waals surface area contributed by atoms with E-state index in [0.29, 0.717) is 0 Å². The number of pyridine rings is 1. The number of carbonyl (C=O) groups is 1. The van der Waals surface area contributed by atoms with Crippen molar-refractivity contribution in [1.29, 1.82) is 0 Å². The zero-order valence-electron chi connectivity index (χ0n) is 12.6. The topological polar surface area (TPSA) is 30.0 Å². The maximum Gasteiger partial charge on any atom is 0.171 e. The standard InChI is InChI=1S/C18H21NO/c1-13(16-7-5-6-12-19-16)17(20)14-8-10-15(11-9-14)18(2,3)4/h5-13H,1-4H3. The average Bonchev–Trinajstić information content (AvgIpc) is 2.46. The van der Waals surface area contributed by atoms with Gasteiger partial charge in [-0.25, -0.2) is 0 Å². The third-order valence-electron chi connectivity index (χ3n) is 3.56. The number of hydrogen-bond acceptors (Lipinski definition) is 2. The molecule has 0 aliphatic heterocycles. The van der Waals surface area contributed by atoms with E-state index in [1.54, 1.807) is 6.20 Å². The minimum absolute atomic E-state index is 0.105. The van der Waals surface area contributed by atoms with Gasteiger partial charge in [-0.3, -0.25) is 9.78 Å². The Bertz CT molecular complexity index is 579. The van der Waals surface area contributed by atoms with E-state index in [1.807, 2.05) is 49.4 Å². The molecule has 0 fully saturated rings. The Morgan fingerprint density at radius 2 is 1.70 bits per heavy atom. The number of aromatic nitrogens is 1. The summed E-state index contributed by atoms with van der Waals surface area (Å²) in [4.78, 5) is 16.7. The molecule has 0 saturated heterocycles. The van der Waals surface area contributed by atoms with E-state index in [1.165, 1.54) is 5.56 Å². The van der Waals surface area contributed by atoms with Gasteiger partial charge in [0.2, 0.25) is 0 Å². The van der Waals surface area contributed by atoms with Gasteiger partial charge >= 0.3 is 0 Å². The molecule has 0 amide bonds. The third-order valence-corrected chi connectivity index (χ3v) is 3.56. The minimum Gasteiger partial charge on any atom is -0.293 e. The highest BCUT2D eigenvalue weighted by atomic mass is 16.1. The molecule has 0 N–H and O–H groups in total. The number of carbonyl (C=O) groups excluding carboxylic acids is 1. The lowest BCUT2D eigenvalue weighted by molar-refractivity contribution is 0.0964. The molecule has 1 heterocycles. The van der Waals surface area contributed by atoms with Gasteiger partial charge in [0.1, 0.15) is 0 Å². The first kappa shape index (κ1) is 14.4. The van der Waals surface area contributed by atoms with Crippen molar-refractivity contribution in [1.82, 2.24) is 4.98 Å². The van der Waals surface area contributed by atoms with Crippen molar-refractivity contribution in [3.05, 3.63) is 65.5 Å². The lowest BCUT2D eigenvalue weighted by atomic mass is 9.85. The molecule has 2 rings (SSSR count). The molecule has 0 radical (unpaired) electrons. The van der Waals surface area contributed by atoms with E-state index in [-0.39, 0.29) is 17.1 Å². The number of Topliss-reactive ketones (excluding diaryl/α,β-unsaturated/α-hetero) is 1. The van der Waals surface area contributed by atoms with Crippen LogP contribution in [0.15, 0.2) is 48.7 Å². The predicted molar refractivity (Wildman–Crippen MR) is 82.1 cm³/mol. The summed E-state index contributed by atoms with van der Waals surface area (Å²) in [5.41, 5.74) is 2.90. The van der Waals surface area contributed by atoms with Crippen LogP contribution in [-0.2, 0) is 5.41 Å². The van der Waals surface area contributed by atoms with Gasteiger partial charge in [0.15, 0.2) is 5.78 Å². The first-order chi connectivity index (χ1) is 9.39. The summed E-state index contributed by atoms with van der Waals surface area (Å²) in [6.07, 6.45) is 1.72. The summed E-state index contributed by atoms with van der Waals surface area (Å²) >= 11 is 0. The maximum absolute atomic E-state index is 12.5. The van der Waals surface area contributed by atoms with Crippen LogP contribution in [0.1, 0.15) is 55.2 Å². The quantitative estimate of drug-likeness (QED) is 0.773. The fraction of sp³-hybridized carbons (Fsp3) is 0.333. The van der Waals surface area contributed by atoms with Crippen molar-refractivity contribution in [2.75, 3.05) is 0 Å².